The van der Waals surface area contributed by atoms with Gasteiger partial charge < -0.3 is 4.74 Å². The standard InChI is InChI=1S/C24H23FN2O3/c1-17(30-22-14-8-7-13-21(22)25)23(28)26-27-24(29)20-12-6-5-11-19(20)16-15-18-9-3-2-4-10-18/h2-14,17H,15-16H2,1H3,(H,26,28)(H,27,29). The fourth-order valence-corrected chi connectivity index (χ4v) is 2.96. The Hall–Kier alpha value is -3.67. The number of halogens is 1. The number of hydrogen-bond acceptors (Lipinski definition) is 3. The molecule has 0 aliphatic carbocycles. The second-order valence-corrected chi connectivity index (χ2v) is 6.78. The highest BCUT2D eigenvalue weighted by atomic mass is 19.1. The van der Waals surface area contributed by atoms with E-state index in [2.05, 4.69) is 10.9 Å². The Morgan fingerprint density at radius 2 is 1.53 bits per heavy atom. The molecule has 5 nitrogen and oxygen atoms in total. The molecule has 0 aliphatic heterocycles. The molecule has 2 amide bonds. The Kier molecular flexibility index (Phi) is 7.16. The summed E-state index contributed by atoms with van der Waals surface area (Å²) in [6.45, 7) is 1.47. The fourth-order valence-electron chi connectivity index (χ4n) is 2.96. The third kappa shape index (κ3) is 5.67. The van der Waals surface area contributed by atoms with E-state index in [1.165, 1.54) is 30.7 Å². The maximum absolute atomic E-state index is 13.7. The second-order valence-electron chi connectivity index (χ2n) is 6.78. The molecule has 1 atom stereocenters. The minimum atomic E-state index is -0.990. The Balaban J connectivity index is 1.56. The van der Waals surface area contributed by atoms with Crippen LogP contribution in [0.2, 0.25) is 0 Å². The Labute approximate surface area is 174 Å². The molecule has 6 heteroatoms. The Bertz CT molecular complexity index is 1010. The largest absolute Gasteiger partial charge is 0.478 e. The summed E-state index contributed by atoms with van der Waals surface area (Å²) in [4.78, 5) is 24.8. The first-order valence-electron chi connectivity index (χ1n) is 9.68. The van der Waals surface area contributed by atoms with Crippen molar-refractivity contribution in [1.82, 2.24) is 10.9 Å². The molecule has 0 aromatic heterocycles. The van der Waals surface area contributed by atoms with Crippen LogP contribution in [0.3, 0.4) is 0 Å². The first kappa shape index (κ1) is 21.0. The van der Waals surface area contributed by atoms with Crippen molar-refractivity contribution in [3.63, 3.8) is 0 Å². The first-order chi connectivity index (χ1) is 14.5. The fraction of sp³-hybridized carbons (Fsp3) is 0.167. The summed E-state index contributed by atoms with van der Waals surface area (Å²) in [7, 11) is 0. The molecule has 0 spiro atoms. The predicted octanol–water partition coefficient (Wildman–Crippen LogP) is 3.84. The second kappa shape index (κ2) is 10.2. The molecule has 3 aromatic carbocycles. The van der Waals surface area contributed by atoms with Gasteiger partial charge in [-0.25, -0.2) is 4.39 Å². The topological polar surface area (TPSA) is 67.4 Å². The van der Waals surface area contributed by atoms with Crippen LogP contribution in [-0.2, 0) is 17.6 Å². The Morgan fingerprint density at radius 1 is 0.867 bits per heavy atom. The van der Waals surface area contributed by atoms with Crippen molar-refractivity contribution in [3.05, 3.63) is 101 Å². The van der Waals surface area contributed by atoms with Gasteiger partial charge in [-0.05, 0) is 49.1 Å². The maximum Gasteiger partial charge on any atom is 0.279 e. The molecule has 0 saturated carbocycles. The predicted molar refractivity (Wildman–Crippen MR) is 112 cm³/mol. The van der Waals surface area contributed by atoms with Crippen LogP contribution in [-0.4, -0.2) is 17.9 Å². The summed E-state index contributed by atoms with van der Waals surface area (Å²) in [6.07, 6.45) is 0.495. The number of aryl methyl sites for hydroxylation is 2. The maximum atomic E-state index is 13.7. The number of amides is 2. The van der Waals surface area contributed by atoms with E-state index in [1.54, 1.807) is 18.2 Å². The molecule has 2 N–H and O–H groups in total. The third-order valence-electron chi connectivity index (χ3n) is 4.60. The number of ether oxygens (including phenoxy) is 1. The van der Waals surface area contributed by atoms with Gasteiger partial charge in [-0.2, -0.15) is 0 Å². The monoisotopic (exact) mass is 406 g/mol. The molecule has 0 saturated heterocycles. The molecule has 30 heavy (non-hydrogen) atoms. The zero-order chi connectivity index (χ0) is 21.3. The van der Waals surface area contributed by atoms with Crippen LogP contribution in [0.5, 0.6) is 5.75 Å². The van der Waals surface area contributed by atoms with Crippen LogP contribution in [0.1, 0.15) is 28.4 Å². The number of benzene rings is 3. The van der Waals surface area contributed by atoms with Crippen LogP contribution in [0.15, 0.2) is 78.9 Å². The lowest BCUT2D eigenvalue weighted by molar-refractivity contribution is -0.128. The number of hydrazine groups is 1. The van der Waals surface area contributed by atoms with Gasteiger partial charge in [0.1, 0.15) is 0 Å². The van der Waals surface area contributed by atoms with Gasteiger partial charge in [0, 0.05) is 5.56 Å². The van der Waals surface area contributed by atoms with Crippen LogP contribution < -0.4 is 15.6 Å². The van der Waals surface area contributed by atoms with Crippen LogP contribution in [0.4, 0.5) is 4.39 Å². The average molecular weight is 406 g/mol. The van der Waals surface area contributed by atoms with Crippen molar-refractivity contribution >= 4 is 11.8 Å². The quantitative estimate of drug-likeness (QED) is 0.586. The van der Waals surface area contributed by atoms with E-state index in [0.29, 0.717) is 12.0 Å². The molecule has 3 rings (SSSR count). The van der Waals surface area contributed by atoms with Crippen molar-refractivity contribution in [2.45, 2.75) is 25.9 Å². The van der Waals surface area contributed by atoms with E-state index < -0.39 is 23.7 Å². The summed E-state index contributed by atoms with van der Waals surface area (Å²) < 4.78 is 19.0. The van der Waals surface area contributed by atoms with Crippen molar-refractivity contribution in [2.75, 3.05) is 0 Å². The van der Waals surface area contributed by atoms with Crippen molar-refractivity contribution < 1.29 is 18.7 Å². The first-order valence-corrected chi connectivity index (χ1v) is 9.68. The lowest BCUT2D eigenvalue weighted by Gasteiger charge is -2.16. The van der Waals surface area contributed by atoms with E-state index in [4.69, 9.17) is 4.74 Å². The molecule has 3 aromatic rings. The van der Waals surface area contributed by atoms with Crippen LogP contribution in [0, 0.1) is 5.82 Å². The van der Waals surface area contributed by atoms with Crippen molar-refractivity contribution in [3.8, 4) is 5.75 Å². The number of nitrogens with one attached hydrogen (secondary N) is 2. The smallest absolute Gasteiger partial charge is 0.279 e. The lowest BCUT2D eigenvalue weighted by Crippen LogP contribution is -2.47. The highest BCUT2D eigenvalue weighted by molar-refractivity contribution is 5.97. The van der Waals surface area contributed by atoms with E-state index in [0.717, 1.165) is 12.0 Å². The number of para-hydroxylation sites is 1. The van der Waals surface area contributed by atoms with Gasteiger partial charge in [0.05, 0.1) is 0 Å². The van der Waals surface area contributed by atoms with E-state index >= 15 is 0 Å². The highest BCUT2D eigenvalue weighted by Crippen LogP contribution is 2.17. The molecular weight excluding hydrogens is 383 g/mol. The average Bonchev–Trinajstić information content (AvgIpc) is 2.78. The lowest BCUT2D eigenvalue weighted by atomic mass is 9.99. The molecule has 1 unspecified atom stereocenters. The summed E-state index contributed by atoms with van der Waals surface area (Å²) in [5, 5.41) is 0. The zero-order valence-corrected chi connectivity index (χ0v) is 16.6. The molecule has 154 valence electrons. The van der Waals surface area contributed by atoms with Gasteiger partial charge >= 0.3 is 0 Å². The zero-order valence-electron chi connectivity index (χ0n) is 16.6. The number of hydrogen-bond donors (Lipinski definition) is 2. The number of rotatable bonds is 7. The molecule has 0 fully saturated rings. The Morgan fingerprint density at radius 3 is 2.30 bits per heavy atom. The molecule has 0 bridgehead atoms. The van der Waals surface area contributed by atoms with Crippen LogP contribution in [0.25, 0.3) is 0 Å². The molecule has 0 heterocycles. The summed E-state index contributed by atoms with van der Waals surface area (Å²) in [5.41, 5.74) is 7.28. The molecular formula is C24H23FN2O3. The van der Waals surface area contributed by atoms with Gasteiger partial charge in [0.15, 0.2) is 17.7 Å². The van der Waals surface area contributed by atoms with Crippen LogP contribution >= 0.6 is 0 Å². The third-order valence-corrected chi connectivity index (χ3v) is 4.60. The van der Waals surface area contributed by atoms with Gasteiger partial charge in [0.2, 0.25) is 0 Å². The minimum absolute atomic E-state index is 0.0299. The van der Waals surface area contributed by atoms with Gasteiger partial charge in [-0.3, -0.25) is 20.4 Å². The van der Waals surface area contributed by atoms with Gasteiger partial charge in [-0.15, -0.1) is 0 Å². The normalized spacial score (nSPS) is 11.4. The minimum Gasteiger partial charge on any atom is -0.478 e. The van der Waals surface area contributed by atoms with Gasteiger partial charge in [-0.1, -0.05) is 60.7 Å². The summed E-state index contributed by atoms with van der Waals surface area (Å²) in [6, 6.07) is 23.1. The van der Waals surface area contributed by atoms with E-state index in [1.807, 2.05) is 42.5 Å². The SMILES string of the molecule is CC(Oc1ccccc1F)C(=O)NNC(=O)c1ccccc1CCc1ccccc1. The van der Waals surface area contributed by atoms with Crippen molar-refractivity contribution in [2.24, 2.45) is 0 Å². The van der Waals surface area contributed by atoms with Gasteiger partial charge in [0.25, 0.3) is 11.8 Å². The number of carbonyl (C=O) groups excluding carboxylic acids is 2. The summed E-state index contributed by atoms with van der Waals surface area (Å²) in [5.74, 6) is -1.61. The highest BCUT2D eigenvalue weighted by Gasteiger charge is 2.18. The van der Waals surface area contributed by atoms with Crippen molar-refractivity contribution in [1.29, 1.82) is 0 Å². The molecule has 0 aliphatic rings. The van der Waals surface area contributed by atoms with E-state index in [9.17, 15) is 14.0 Å². The molecule has 0 radical (unpaired) electrons. The number of carbonyl (C=O) groups is 2. The summed E-state index contributed by atoms with van der Waals surface area (Å²) >= 11 is 0. The van der Waals surface area contributed by atoms with E-state index in [-0.39, 0.29) is 5.75 Å².